The van der Waals surface area contributed by atoms with Crippen molar-refractivity contribution in [3.05, 3.63) is 71.2 Å². The smallest absolute Gasteiger partial charge is 0.191 e. The standard InChI is InChI=1S/C19H20FN3O/c1-13-15-8-4-6-10-17(15)24-18(13)12-23-19(21-2)22-11-14-7-3-5-9-16(14)20/h3-10H,11-12H2,1-2H3,(H2,21,22,23). The van der Waals surface area contributed by atoms with Crippen LogP contribution in [0.25, 0.3) is 11.0 Å². The third-order valence-electron chi connectivity index (χ3n) is 3.99. The first-order chi connectivity index (χ1) is 11.7. The van der Waals surface area contributed by atoms with E-state index in [1.165, 1.54) is 6.07 Å². The summed E-state index contributed by atoms with van der Waals surface area (Å²) < 4.78 is 19.5. The molecule has 4 nitrogen and oxygen atoms in total. The van der Waals surface area contributed by atoms with Gasteiger partial charge in [-0.05, 0) is 19.1 Å². The lowest BCUT2D eigenvalue weighted by atomic mass is 10.1. The van der Waals surface area contributed by atoms with Gasteiger partial charge in [-0.3, -0.25) is 4.99 Å². The Morgan fingerprint density at radius 2 is 1.75 bits per heavy atom. The molecule has 0 aliphatic rings. The maximum absolute atomic E-state index is 13.7. The summed E-state index contributed by atoms with van der Waals surface area (Å²) in [5.74, 6) is 1.23. The number of nitrogens with one attached hydrogen (secondary N) is 2. The number of fused-ring (bicyclic) bond motifs is 1. The lowest BCUT2D eigenvalue weighted by Gasteiger charge is -2.11. The number of rotatable bonds is 4. The Morgan fingerprint density at radius 1 is 1.04 bits per heavy atom. The van der Waals surface area contributed by atoms with Gasteiger partial charge in [0.25, 0.3) is 0 Å². The summed E-state index contributed by atoms with van der Waals surface area (Å²) in [4.78, 5) is 4.16. The molecule has 0 unspecified atom stereocenters. The number of aryl methyl sites for hydroxylation is 1. The normalized spacial score (nSPS) is 11.7. The van der Waals surface area contributed by atoms with Gasteiger partial charge in [-0.2, -0.15) is 0 Å². The number of hydrogen-bond donors (Lipinski definition) is 2. The van der Waals surface area contributed by atoms with Crippen molar-refractivity contribution in [3.63, 3.8) is 0 Å². The minimum Gasteiger partial charge on any atom is -0.459 e. The van der Waals surface area contributed by atoms with Crippen LogP contribution in [-0.4, -0.2) is 13.0 Å². The van der Waals surface area contributed by atoms with Crippen molar-refractivity contribution < 1.29 is 8.81 Å². The van der Waals surface area contributed by atoms with Crippen molar-refractivity contribution in [2.24, 2.45) is 4.99 Å². The van der Waals surface area contributed by atoms with Crippen LogP contribution in [0.2, 0.25) is 0 Å². The molecule has 0 bridgehead atoms. The van der Waals surface area contributed by atoms with Crippen molar-refractivity contribution in [1.82, 2.24) is 10.6 Å². The summed E-state index contributed by atoms with van der Waals surface area (Å²) in [6.07, 6.45) is 0. The molecule has 0 amide bonds. The van der Waals surface area contributed by atoms with Gasteiger partial charge < -0.3 is 15.1 Å². The van der Waals surface area contributed by atoms with Gasteiger partial charge in [-0.15, -0.1) is 0 Å². The van der Waals surface area contributed by atoms with Crippen molar-refractivity contribution in [1.29, 1.82) is 0 Å². The van der Waals surface area contributed by atoms with E-state index in [1.54, 1.807) is 19.2 Å². The van der Waals surface area contributed by atoms with E-state index in [-0.39, 0.29) is 5.82 Å². The molecule has 3 rings (SSSR count). The van der Waals surface area contributed by atoms with Crippen LogP contribution in [0.3, 0.4) is 0 Å². The average molecular weight is 325 g/mol. The Morgan fingerprint density at radius 3 is 2.50 bits per heavy atom. The lowest BCUT2D eigenvalue weighted by molar-refractivity contribution is 0.534. The molecule has 0 aliphatic carbocycles. The zero-order valence-corrected chi connectivity index (χ0v) is 13.8. The quantitative estimate of drug-likeness (QED) is 0.567. The molecule has 1 heterocycles. The number of para-hydroxylation sites is 1. The molecular formula is C19H20FN3O. The third kappa shape index (κ3) is 3.40. The van der Waals surface area contributed by atoms with Crippen LogP contribution < -0.4 is 10.6 Å². The second-order valence-corrected chi connectivity index (χ2v) is 5.52. The Balaban J connectivity index is 1.63. The zero-order chi connectivity index (χ0) is 16.9. The van der Waals surface area contributed by atoms with E-state index in [0.29, 0.717) is 24.6 Å². The molecule has 0 radical (unpaired) electrons. The Labute approximate surface area is 140 Å². The summed E-state index contributed by atoms with van der Waals surface area (Å²) in [5, 5.41) is 7.42. The summed E-state index contributed by atoms with van der Waals surface area (Å²) in [6, 6.07) is 14.6. The highest BCUT2D eigenvalue weighted by Gasteiger charge is 2.10. The first-order valence-corrected chi connectivity index (χ1v) is 7.84. The number of halogens is 1. The molecule has 124 valence electrons. The van der Waals surface area contributed by atoms with Gasteiger partial charge in [-0.1, -0.05) is 36.4 Å². The molecule has 0 saturated carbocycles. The van der Waals surface area contributed by atoms with E-state index in [9.17, 15) is 4.39 Å². The van der Waals surface area contributed by atoms with Crippen LogP contribution in [0.4, 0.5) is 4.39 Å². The second kappa shape index (κ2) is 7.17. The van der Waals surface area contributed by atoms with Gasteiger partial charge in [0.1, 0.15) is 17.2 Å². The molecule has 3 aromatic rings. The number of furan rings is 1. The molecule has 2 N–H and O–H groups in total. The van der Waals surface area contributed by atoms with Crippen LogP contribution in [0, 0.1) is 12.7 Å². The summed E-state index contributed by atoms with van der Waals surface area (Å²) in [5.41, 5.74) is 2.59. The molecule has 0 saturated heterocycles. The molecule has 0 spiro atoms. The van der Waals surface area contributed by atoms with Crippen LogP contribution in [-0.2, 0) is 13.1 Å². The predicted molar refractivity (Wildman–Crippen MR) is 94.4 cm³/mol. The van der Waals surface area contributed by atoms with Gasteiger partial charge in [0.2, 0.25) is 0 Å². The molecule has 24 heavy (non-hydrogen) atoms. The van der Waals surface area contributed by atoms with Crippen molar-refractivity contribution in [2.75, 3.05) is 7.05 Å². The minimum atomic E-state index is -0.228. The molecule has 2 aromatic carbocycles. The SMILES string of the molecule is CN=C(NCc1ccccc1F)NCc1oc2ccccc2c1C. The number of hydrogen-bond acceptors (Lipinski definition) is 2. The number of guanidine groups is 1. The fourth-order valence-electron chi connectivity index (χ4n) is 2.60. The first-order valence-electron chi connectivity index (χ1n) is 7.84. The summed E-state index contributed by atoms with van der Waals surface area (Å²) >= 11 is 0. The van der Waals surface area contributed by atoms with E-state index in [2.05, 4.69) is 15.6 Å². The number of benzene rings is 2. The molecule has 5 heteroatoms. The summed E-state index contributed by atoms with van der Waals surface area (Å²) in [6.45, 7) is 2.92. The number of aliphatic imine (C=N–C) groups is 1. The molecule has 0 atom stereocenters. The Hall–Kier alpha value is -2.82. The Bertz CT molecular complexity index is 870. The monoisotopic (exact) mass is 325 g/mol. The molecule has 0 aliphatic heterocycles. The molecular weight excluding hydrogens is 305 g/mol. The van der Waals surface area contributed by atoms with Crippen LogP contribution in [0.15, 0.2) is 57.9 Å². The van der Waals surface area contributed by atoms with Gasteiger partial charge >= 0.3 is 0 Å². The maximum Gasteiger partial charge on any atom is 0.191 e. The van der Waals surface area contributed by atoms with Crippen molar-refractivity contribution in [2.45, 2.75) is 20.0 Å². The van der Waals surface area contributed by atoms with E-state index >= 15 is 0 Å². The zero-order valence-electron chi connectivity index (χ0n) is 13.8. The maximum atomic E-state index is 13.7. The molecule has 0 fully saturated rings. The van der Waals surface area contributed by atoms with Crippen LogP contribution >= 0.6 is 0 Å². The number of nitrogens with zero attached hydrogens (tertiary/aromatic N) is 1. The fraction of sp³-hybridized carbons (Fsp3) is 0.211. The lowest BCUT2D eigenvalue weighted by Crippen LogP contribution is -2.36. The second-order valence-electron chi connectivity index (χ2n) is 5.52. The van der Waals surface area contributed by atoms with E-state index in [1.807, 2.05) is 37.3 Å². The van der Waals surface area contributed by atoms with E-state index in [0.717, 1.165) is 22.3 Å². The van der Waals surface area contributed by atoms with Gasteiger partial charge in [0.05, 0.1) is 6.54 Å². The van der Waals surface area contributed by atoms with Gasteiger partial charge in [-0.25, -0.2) is 4.39 Å². The minimum absolute atomic E-state index is 0.228. The van der Waals surface area contributed by atoms with E-state index in [4.69, 9.17) is 4.42 Å². The predicted octanol–water partition coefficient (Wildman–Crippen LogP) is 3.75. The first kappa shape index (κ1) is 16.1. The molecule has 1 aromatic heterocycles. The Kier molecular flexibility index (Phi) is 4.79. The fourth-order valence-corrected chi connectivity index (χ4v) is 2.60. The van der Waals surface area contributed by atoms with Crippen LogP contribution in [0.1, 0.15) is 16.9 Å². The van der Waals surface area contributed by atoms with Crippen molar-refractivity contribution in [3.8, 4) is 0 Å². The third-order valence-corrected chi connectivity index (χ3v) is 3.99. The van der Waals surface area contributed by atoms with Gasteiger partial charge in [0.15, 0.2) is 5.96 Å². The van der Waals surface area contributed by atoms with Crippen LogP contribution in [0.5, 0.6) is 0 Å². The van der Waals surface area contributed by atoms with E-state index < -0.39 is 0 Å². The highest BCUT2D eigenvalue weighted by molar-refractivity contribution is 5.82. The summed E-state index contributed by atoms with van der Waals surface area (Å²) in [7, 11) is 1.68. The van der Waals surface area contributed by atoms with Crippen molar-refractivity contribution >= 4 is 16.9 Å². The largest absolute Gasteiger partial charge is 0.459 e. The van der Waals surface area contributed by atoms with Gasteiger partial charge in [0, 0.05) is 30.1 Å². The highest BCUT2D eigenvalue weighted by Crippen LogP contribution is 2.24. The highest BCUT2D eigenvalue weighted by atomic mass is 19.1. The topological polar surface area (TPSA) is 49.6 Å². The average Bonchev–Trinajstić information content (AvgIpc) is 2.93.